The lowest BCUT2D eigenvalue weighted by atomic mass is 10.1. The highest BCUT2D eigenvalue weighted by Crippen LogP contribution is 2.36. The summed E-state index contributed by atoms with van der Waals surface area (Å²) in [5.41, 5.74) is 5.82. The fourth-order valence-electron chi connectivity index (χ4n) is 1.39. The van der Waals surface area contributed by atoms with Crippen molar-refractivity contribution >= 4 is 5.69 Å². The molecule has 2 aromatic rings. The van der Waals surface area contributed by atoms with Crippen LogP contribution in [0, 0.1) is 11.6 Å². The molecule has 0 amide bonds. The van der Waals surface area contributed by atoms with Crippen LogP contribution in [0.3, 0.4) is 0 Å². The summed E-state index contributed by atoms with van der Waals surface area (Å²) in [4.78, 5) is 0. The van der Waals surface area contributed by atoms with Crippen LogP contribution in [0.15, 0.2) is 22.9 Å². The maximum atomic E-state index is 13.4. The highest BCUT2D eigenvalue weighted by atomic mass is 19.1. The zero-order valence-corrected chi connectivity index (χ0v) is 8.33. The van der Waals surface area contributed by atoms with Gasteiger partial charge in [0.1, 0.15) is 11.5 Å². The number of methoxy groups -OCH3 is 1. The van der Waals surface area contributed by atoms with E-state index in [9.17, 15) is 8.78 Å². The monoisotopic (exact) mass is 226 g/mol. The molecule has 0 radical (unpaired) electrons. The van der Waals surface area contributed by atoms with Gasteiger partial charge in [0.2, 0.25) is 0 Å². The molecule has 0 bridgehead atoms. The minimum Gasteiger partial charge on any atom is -0.493 e. The molecule has 1 aromatic heterocycles. The van der Waals surface area contributed by atoms with E-state index in [-0.39, 0.29) is 22.8 Å². The molecule has 1 heterocycles. The molecule has 0 spiro atoms. The van der Waals surface area contributed by atoms with E-state index in [4.69, 9.17) is 15.0 Å². The molecule has 1 aromatic carbocycles. The summed E-state index contributed by atoms with van der Waals surface area (Å²) in [6.45, 7) is 0. The van der Waals surface area contributed by atoms with Crippen LogP contribution in [0.2, 0.25) is 0 Å². The Morgan fingerprint density at radius 1 is 1.38 bits per heavy atom. The van der Waals surface area contributed by atoms with Gasteiger partial charge in [0.15, 0.2) is 17.3 Å². The van der Waals surface area contributed by atoms with Crippen molar-refractivity contribution in [1.82, 2.24) is 5.16 Å². The molecule has 0 fully saturated rings. The van der Waals surface area contributed by atoms with Gasteiger partial charge in [-0.15, -0.1) is 0 Å². The summed E-state index contributed by atoms with van der Waals surface area (Å²) < 4.78 is 36.1. The first-order chi connectivity index (χ1) is 7.63. The average Bonchev–Trinajstić information content (AvgIpc) is 2.63. The second-order valence-electron chi connectivity index (χ2n) is 3.08. The molecule has 2 rings (SSSR count). The third kappa shape index (κ3) is 1.58. The molecule has 0 saturated carbocycles. The van der Waals surface area contributed by atoms with Crippen LogP contribution < -0.4 is 10.5 Å². The quantitative estimate of drug-likeness (QED) is 0.852. The maximum Gasteiger partial charge on any atom is 0.193 e. The zero-order chi connectivity index (χ0) is 11.7. The molecule has 6 heteroatoms. The van der Waals surface area contributed by atoms with E-state index in [0.29, 0.717) is 0 Å². The first-order valence-corrected chi connectivity index (χ1v) is 4.37. The fourth-order valence-corrected chi connectivity index (χ4v) is 1.39. The smallest absolute Gasteiger partial charge is 0.193 e. The van der Waals surface area contributed by atoms with Crippen LogP contribution in [-0.4, -0.2) is 12.3 Å². The number of ether oxygens (including phenoxy) is 1. The third-order valence-corrected chi connectivity index (χ3v) is 2.06. The first kappa shape index (κ1) is 10.4. The topological polar surface area (TPSA) is 61.3 Å². The second kappa shape index (κ2) is 3.80. The molecule has 0 aliphatic heterocycles. The average molecular weight is 226 g/mol. The van der Waals surface area contributed by atoms with Gasteiger partial charge in [-0.25, -0.2) is 8.78 Å². The normalized spacial score (nSPS) is 10.4. The lowest BCUT2D eigenvalue weighted by molar-refractivity contribution is 0.380. The first-order valence-electron chi connectivity index (χ1n) is 4.37. The van der Waals surface area contributed by atoms with Crippen LogP contribution in [0.5, 0.6) is 5.75 Å². The number of halogens is 2. The molecular formula is C10H8F2N2O2. The van der Waals surface area contributed by atoms with Crippen LogP contribution in [0.25, 0.3) is 11.3 Å². The zero-order valence-electron chi connectivity index (χ0n) is 8.33. The number of hydrogen-bond acceptors (Lipinski definition) is 4. The van der Waals surface area contributed by atoms with E-state index in [0.717, 1.165) is 12.1 Å². The van der Waals surface area contributed by atoms with E-state index in [1.807, 2.05) is 0 Å². The number of benzene rings is 1. The standard InChI is InChI=1S/C10H8F2N2O2/c1-15-9-6(2-5(11)3-7(9)12)10-8(13)4-14-16-10/h2-4H,13H2,1H3. The van der Waals surface area contributed by atoms with Crippen molar-refractivity contribution in [3.63, 3.8) is 0 Å². The number of aromatic nitrogens is 1. The Labute approximate surface area is 89.6 Å². The largest absolute Gasteiger partial charge is 0.493 e. The summed E-state index contributed by atoms with van der Waals surface area (Å²) in [6, 6.07) is 1.79. The fraction of sp³-hybridized carbons (Fsp3) is 0.100. The van der Waals surface area contributed by atoms with E-state index in [2.05, 4.69) is 5.16 Å². The minimum absolute atomic E-state index is 0.0789. The van der Waals surface area contributed by atoms with Crippen LogP contribution in [-0.2, 0) is 0 Å². The van der Waals surface area contributed by atoms with Crippen molar-refractivity contribution in [2.75, 3.05) is 12.8 Å². The van der Waals surface area contributed by atoms with Crippen molar-refractivity contribution in [1.29, 1.82) is 0 Å². The summed E-state index contributed by atoms with van der Waals surface area (Å²) in [7, 11) is 1.27. The summed E-state index contributed by atoms with van der Waals surface area (Å²) in [5, 5.41) is 3.43. The highest BCUT2D eigenvalue weighted by Gasteiger charge is 2.18. The predicted octanol–water partition coefficient (Wildman–Crippen LogP) is 2.21. The summed E-state index contributed by atoms with van der Waals surface area (Å²) in [5.74, 6) is -1.63. The van der Waals surface area contributed by atoms with Gasteiger partial charge in [-0.3, -0.25) is 0 Å². The van der Waals surface area contributed by atoms with Crippen LogP contribution in [0.4, 0.5) is 14.5 Å². The van der Waals surface area contributed by atoms with Gasteiger partial charge in [-0.05, 0) is 6.07 Å². The van der Waals surface area contributed by atoms with Gasteiger partial charge < -0.3 is 15.0 Å². The molecule has 0 aliphatic rings. The van der Waals surface area contributed by atoms with Crippen molar-refractivity contribution in [2.24, 2.45) is 0 Å². The Balaban J connectivity index is 2.68. The van der Waals surface area contributed by atoms with Crippen molar-refractivity contribution < 1.29 is 18.0 Å². The number of nitrogens with two attached hydrogens (primary N) is 1. The minimum atomic E-state index is -0.826. The molecule has 0 aliphatic carbocycles. The summed E-state index contributed by atoms with van der Waals surface area (Å²) >= 11 is 0. The number of nitrogens with zero attached hydrogens (tertiary/aromatic N) is 1. The molecular weight excluding hydrogens is 218 g/mol. The van der Waals surface area contributed by atoms with Gasteiger partial charge in [0, 0.05) is 6.07 Å². The third-order valence-electron chi connectivity index (χ3n) is 2.06. The molecule has 0 atom stereocenters. The van der Waals surface area contributed by atoms with Crippen molar-refractivity contribution in [3.8, 4) is 17.1 Å². The molecule has 0 unspecified atom stereocenters. The van der Waals surface area contributed by atoms with Gasteiger partial charge in [-0.1, -0.05) is 5.16 Å². The Kier molecular flexibility index (Phi) is 2.47. The number of nitrogen functional groups attached to an aromatic ring is 1. The highest BCUT2D eigenvalue weighted by molar-refractivity contribution is 5.75. The summed E-state index contributed by atoms with van der Waals surface area (Å²) in [6.07, 6.45) is 1.25. The van der Waals surface area contributed by atoms with Crippen molar-refractivity contribution in [3.05, 3.63) is 30.0 Å². The molecule has 84 valence electrons. The molecule has 4 nitrogen and oxygen atoms in total. The van der Waals surface area contributed by atoms with Gasteiger partial charge in [-0.2, -0.15) is 0 Å². The van der Waals surface area contributed by atoms with E-state index < -0.39 is 11.6 Å². The van der Waals surface area contributed by atoms with Gasteiger partial charge >= 0.3 is 0 Å². The Morgan fingerprint density at radius 3 is 2.69 bits per heavy atom. The SMILES string of the molecule is COc1c(F)cc(F)cc1-c1oncc1N. The number of hydrogen-bond donors (Lipinski definition) is 1. The number of anilines is 1. The van der Waals surface area contributed by atoms with Gasteiger partial charge in [0.05, 0.1) is 18.9 Å². The maximum absolute atomic E-state index is 13.4. The Morgan fingerprint density at radius 2 is 2.12 bits per heavy atom. The number of rotatable bonds is 2. The van der Waals surface area contributed by atoms with Crippen LogP contribution >= 0.6 is 0 Å². The molecule has 2 N–H and O–H groups in total. The van der Waals surface area contributed by atoms with E-state index >= 15 is 0 Å². The van der Waals surface area contributed by atoms with Crippen LogP contribution in [0.1, 0.15) is 0 Å². The van der Waals surface area contributed by atoms with Crippen molar-refractivity contribution in [2.45, 2.75) is 0 Å². The Bertz CT molecular complexity index is 526. The van der Waals surface area contributed by atoms with E-state index in [1.165, 1.54) is 13.3 Å². The Hall–Kier alpha value is -2.11. The lowest BCUT2D eigenvalue weighted by Gasteiger charge is -2.07. The predicted molar refractivity (Wildman–Crippen MR) is 52.8 cm³/mol. The lowest BCUT2D eigenvalue weighted by Crippen LogP contribution is -1.95. The van der Waals surface area contributed by atoms with Gasteiger partial charge in [0.25, 0.3) is 0 Å². The molecule has 16 heavy (non-hydrogen) atoms. The second-order valence-corrected chi connectivity index (χ2v) is 3.08. The molecule has 0 saturated heterocycles. The van der Waals surface area contributed by atoms with E-state index in [1.54, 1.807) is 0 Å².